The van der Waals surface area contributed by atoms with Gasteiger partial charge in [-0.1, -0.05) is 6.07 Å². The Balaban J connectivity index is 2.08. The lowest BCUT2D eigenvalue weighted by Gasteiger charge is -2.26. The SMILES string of the molecule is CC1=NNC(=O)C1C(c1cccnc1)C1C(=O)NN=C1C. The van der Waals surface area contributed by atoms with Crippen molar-refractivity contribution in [1.29, 1.82) is 0 Å². The Bertz CT molecular complexity index is 615. The molecule has 1 aromatic rings. The van der Waals surface area contributed by atoms with Gasteiger partial charge in [-0.3, -0.25) is 14.6 Å². The topological polar surface area (TPSA) is 95.8 Å². The van der Waals surface area contributed by atoms with Crippen molar-refractivity contribution in [1.82, 2.24) is 15.8 Å². The third-order valence-electron chi connectivity index (χ3n) is 3.94. The van der Waals surface area contributed by atoms with Crippen LogP contribution in [0.3, 0.4) is 0 Å². The number of pyridine rings is 1. The number of aromatic nitrogens is 1. The highest BCUT2D eigenvalue weighted by atomic mass is 16.2. The third kappa shape index (κ3) is 2.20. The van der Waals surface area contributed by atoms with E-state index in [0.29, 0.717) is 11.4 Å². The molecule has 1 aromatic heterocycles. The Morgan fingerprint density at radius 2 is 1.62 bits per heavy atom. The van der Waals surface area contributed by atoms with E-state index in [2.05, 4.69) is 26.0 Å². The van der Waals surface area contributed by atoms with Gasteiger partial charge in [-0.05, 0) is 25.5 Å². The van der Waals surface area contributed by atoms with E-state index in [-0.39, 0.29) is 17.7 Å². The number of nitrogens with zero attached hydrogens (tertiary/aromatic N) is 3. The molecule has 0 aliphatic carbocycles. The first-order valence-electron chi connectivity index (χ1n) is 6.67. The van der Waals surface area contributed by atoms with Crippen LogP contribution in [-0.4, -0.2) is 28.2 Å². The Morgan fingerprint density at radius 3 is 2.00 bits per heavy atom. The summed E-state index contributed by atoms with van der Waals surface area (Å²) in [6.07, 6.45) is 3.34. The Labute approximate surface area is 121 Å². The molecule has 3 rings (SSSR count). The van der Waals surface area contributed by atoms with Gasteiger partial charge in [0.25, 0.3) is 0 Å². The zero-order chi connectivity index (χ0) is 15.0. The van der Waals surface area contributed by atoms with Crippen LogP contribution in [0, 0.1) is 11.8 Å². The normalized spacial score (nSPS) is 26.0. The van der Waals surface area contributed by atoms with E-state index >= 15 is 0 Å². The first-order chi connectivity index (χ1) is 10.1. The van der Waals surface area contributed by atoms with Crippen molar-refractivity contribution in [2.75, 3.05) is 0 Å². The molecule has 2 amide bonds. The minimum absolute atomic E-state index is 0.200. The lowest BCUT2D eigenvalue weighted by molar-refractivity contribution is -0.124. The molecule has 0 aromatic carbocycles. The van der Waals surface area contributed by atoms with E-state index in [1.165, 1.54) is 0 Å². The van der Waals surface area contributed by atoms with Crippen LogP contribution in [0.1, 0.15) is 25.3 Å². The van der Waals surface area contributed by atoms with Gasteiger partial charge < -0.3 is 0 Å². The van der Waals surface area contributed by atoms with Gasteiger partial charge in [-0.15, -0.1) is 0 Å². The van der Waals surface area contributed by atoms with Crippen molar-refractivity contribution >= 4 is 23.2 Å². The van der Waals surface area contributed by atoms with Gasteiger partial charge in [-0.25, -0.2) is 10.9 Å². The van der Waals surface area contributed by atoms with Gasteiger partial charge in [0.1, 0.15) is 0 Å². The summed E-state index contributed by atoms with van der Waals surface area (Å²) in [7, 11) is 0. The quantitative estimate of drug-likeness (QED) is 0.841. The Morgan fingerprint density at radius 1 is 1.05 bits per heavy atom. The van der Waals surface area contributed by atoms with Gasteiger partial charge in [0.2, 0.25) is 11.8 Å². The first kappa shape index (κ1) is 13.4. The van der Waals surface area contributed by atoms with Crippen molar-refractivity contribution < 1.29 is 9.59 Å². The molecular formula is C14H15N5O2. The van der Waals surface area contributed by atoms with Crippen LogP contribution in [0.2, 0.25) is 0 Å². The molecule has 2 atom stereocenters. The number of amides is 2. The van der Waals surface area contributed by atoms with Gasteiger partial charge in [0.15, 0.2) is 0 Å². The van der Waals surface area contributed by atoms with Crippen molar-refractivity contribution in [3.8, 4) is 0 Å². The van der Waals surface area contributed by atoms with Crippen LogP contribution >= 0.6 is 0 Å². The molecule has 0 saturated heterocycles. The fourth-order valence-electron chi connectivity index (χ4n) is 2.94. The molecule has 0 spiro atoms. The summed E-state index contributed by atoms with van der Waals surface area (Å²) in [5.74, 6) is -1.75. The summed E-state index contributed by atoms with van der Waals surface area (Å²) >= 11 is 0. The summed E-state index contributed by atoms with van der Waals surface area (Å²) in [4.78, 5) is 28.4. The Kier molecular flexibility index (Phi) is 3.25. The molecule has 2 unspecified atom stereocenters. The summed E-state index contributed by atoms with van der Waals surface area (Å²) in [5, 5.41) is 7.98. The number of nitrogens with one attached hydrogen (secondary N) is 2. The van der Waals surface area contributed by atoms with E-state index in [4.69, 9.17) is 0 Å². The molecule has 7 nitrogen and oxygen atoms in total. The number of rotatable bonds is 3. The van der Waals surface area contributed by atoms with Crippen molar-refractivity contribution in [2.45, 2.75) is 19.8 Å². The number of hydrogen-bond acceptors (Lipinski definition) is 5. The molecule has 3 heterocycles. The van der Waals surface area contributed by atoms with Gasteiger partial charge in [0.05, 0.1) is 11.8 Å². The molecule has 2 aliphatic rings. The predicted molar refractivity (Wildman–Crippen MR) is 76.5 cm³/mol. The Hall–Kier alpha value is -2.57. The molecular weight excluding hydrogens is 270 g/mol. The van der Waals surface area contributed by atoms with Crippen LogP contribution < -0.4 is 10.9 Å². The van der Waals surface area contributed by atoms with Crippen LogP contribution in [-0.2, 0) is 9.59 Å². The lowest BCUT2D eigenvalue weighted by Crippen LogP contribution is -2.38. The van der Waals surface area contributed by atoms with E-state index in [1.54, 1.807) is 32.3 Å². The molecule has 2 aliphatic heterocycles. The highest BCUT2D eigenvalue weighted by Gasteiger charge is 2.45. The van der Waals surface area contributed by atoms with E-state index in [1.807, 2.05) is 6.07 Å². The van der Waals surface area contributed by atoms with Gasteiger partial charge >= 0.3 is 0 Å². The maximum Gasteiger partial charge on any atom is 0.249 e. The number of hydrogen-bond donors (Lipinski definition) is 2. The molecule has 0 bridgehead atoms. The van der Waals surface area contributed by atoms with E-state index in [0.717, 1.165) is 5.56 Å². The number of carbonyl (C=O) groups excluding carboxylic acids is 2. The van der Waals surface area contributed by atoms with Crippen LogP contribution in [0.15, 0.2) is 34.7 Å². The first-order valence-corrected chi connectivity index (χ1v) is 6.67. The largest absolute Gasteiger partial charge is 0.272 e. The second kappa shape index (κ2) is 5.08. The summed E-state index contributed by atoms with van der Waals surface area (Å²) in [6, 6.07) is 3.66. The minimum atomic E-state index is -0.492. The average molecular weight is 285 g/mol. The van der Waals surface area contributed by atoms with E-state index < -0.39 is 11.8 Å². The summed E-state index contributed by atoms with van der Waals surface area (Å²) < 4.78 is 0. The molecule has 108 valence electrons. The van der Waals surface area contributed by atoms with Crippen molar-refractivity contribution in [3.05, 3.63) is 30.1 Å². The average Bonchev–Trinajstić information content (AvgIpc) is 2.98. The van der Waals surface area contributed by atoms with Crippen molar-refractivity contribution in [3.63, 3.8) is 0 Å². The second-order valence-corrected chi connectivity index (χ2v) is 5.23. The van der Waals surface area contributed by atoms with Gasteiger partial charge in [-0.2, -0.15) is 10.2 Å². The molecule has 7 heteroatoms. The highest BCUT2D eigenvalue weighted by Crippen LogP contribution is 2.37. The minimum Gasteiger partial charge on any atom is -0.272 e. The number of carbonyl (C=O) groups is 2. The maximum absolute atomic E-state index is 12.2. The molecule has 0 saturated carbocycles. The van der Waals surface area contributed by atoms with E-state index in [9.17, 15) is 9.59 Å². The monoisotopic (exact) mass is 285 g/mol. The lowest BCUT2D eigenvalue weighted by atomic mass is 9.73. The predicted octanol–water partition coefficient (Wildman–Crippen LogP) is 0.409. The van der Waals surface area contributed by atoms with Gasteiger partial charge in [0, 0.05) is 29.7 Å². The molecule has 2 N–H and O–H groups in total. The van der Waals surface area contributed by atoms with Crippen LogP contribution in [0.5, 0.6) is 0 Å². The highest BCUT2D eigenvalue weighted by molar-refractivity contribution is 6.12. The smallest absolute Gasteiger partial charge is 0.249 e. The zero-order valence-corrected chi connectivity index (χ0v) is 11.7. The number of hydrazone groups is 2. The fourth-order valence-corrected chi connectivity index (χ4v) is 2.94. The standard InChI is InChI=1S/C14H15N5O2/c1-7-10(13(20)18-16-7)12(9-4-3-5-15-6-9)11-8(2)17-19-14(11)21/h3-6,10-12H,1-2H3,(H,18,20)(H,19,21). The summed E-state index contributed by atoms with van der Waals surface area (Å²) in [6.45, 7) is 3.57. The summed E-state index contributed by atoms with van der Waals surface area (Å²) in [5.41, 5.74) is 7.12. The zero-order valence-electron chi connectivity index (χ0n) is 11.7. The van der Waals surface area contributed by atoms with Crippen LogP contribution in [0.25, 0.3) is 0 Å². The third-order valence-corrected chi connectivity index (χ3v) is 3.94. The molecule has 0 radical (unpaired) electrons. The fraction of sp³-hybridized carbons (Fsp3) is 0.357. The molecule has 0 fully saturated rings. The molecule has 21 heavy (non-hydrogen) atoms. The van der Waals surface area contributed by atoms with Crippen LogP contribution in [0.4, 0.5) is 0 Å². The second-order valence-electron chi connectivity index (χ2n) is 5.23. The maximum atomic E-state index is 12.2. The van der Waals surface area contributed by atoms with Crippen molar-refractivity contribution in [2.24, 2.45) is 22.0 Å².